The van der Waals surface area contributed by atoms with Crippen molar-refractivity contribution in [3.05, 3.63) is 58.4 Å². The highest BCUT2D eigenvalue weighted by atomic mass is 35.5. The van der Waals surface area contributed by atoms with Crippen molar-refractivity contribution in [2.24, 2.45) is 17.4 Å². The van der Waals surface area contributed by atoms with Crippen LogP contribution in [0.2, 0.25) is 5.02 Å². The molecule has 2 fully saturated rings. The van der Waals surface area contributed by atoms with Gasteiger partial charge < -0.3 is 36.6 Å². The summed E-state index contributed by atoms with van der Waals surface area (Å²) in [6.07, 6.45) is 3.28. The van der Waals surface area contributed by atoms with E-state index in [9.17, 15) is 14.0 Å². The minimum Gasteiger partial charge on any atom is -0.493 e. The highest BCUT2D eigenvalue weighted by Crippen LogP contribution is 2.26. The molecular formula is C33H49ClFN7O3. The van der Waals surface area contributed by atoms with Gasteiger partial charge in [0, 0.05) is 55.5 Å². The predicted octanol–water partition coefficient (Wildman–Crippen LogP) is 2.68. The van der Waals surface area contributed by atoms with Crippen LogP contribution in [0.1, 0.15) is 37.3 Å². The summed E-state index contributed by atoms with van der Waals surface area (Å²) in [6.45, 7) is 9.34. The summed E-state index contributed by atoms with van der Waals surface area (Å²) in [5, 5.41) is 6.73. The molecule has 1 atom stereocenters. The van der Waals surface area contributed by atoms with Crippen LogP contribution in [0.15, 0.2) is 36.4 Å². The van der Waals surface area contributed by atoms with Crippen molar-refractivity contribution in [1.82, 2.24) is 20.0 Å². The van der Waals surface area contributed by atoms with E-state index in [1.807, 2.05) is 24.0 Å². The molecule has 10 nitrogen and oxygen atoms in total. The van der Waals surface area contributed by atoms with Gasteiger partial charge in [0.1, 0.15) is 11.6 Å². The number of ether oxygens (including phenoxy) is 1. The van der Waals surface area contributed by atoms with Crippen LogP contribution in [-0.2, 0) is 22.6 Å². The minimum atomic E-state index is -0.525. The number of hydrogen-bond donors (Lipinski definition) is 4. The van der Waals surface area contributed by atoms with Crippen LogP contribution in [0.3, 0.4) is 0 Å². The average Bonchev–Trinajstić information content (AvgIpc) is 3.05. The van der Waals surface area contributed by atoms with E-state index in [0.29, 0.717) is 68.8 Å². The van der Waals surface area contributed by atoms with Gasteiger partial charge in [-0.25, -0.2) is 4.39 Å². The highest BCUT2D eigenvalue weighted by molar-refractivity contribution is 6.30. The summed E-state index contributed by atoms with van der Waals surface area (Å²) in [6, 6.07) is 9.94. The first kappa shape index (κ1) is 35.1. The Bertz CT molecular complexity index is 1250. The molecule has 4 rings (SSSR count). The van der Waals surface area contributed by atoms with Crippen molar-refractivity contribution >= 4 is 29.1 Å². The molecule has 0 radical (unpaired) electrons. The topological polar surface area (TPSA) is 129 Å². The fraction of sp³-hybridized carbons (Fsp3) is 0.576. The maximum absolute atomic E-state index is 14.5. The van der Waals surface area contributed by atoms with Crippen LogP contribution in [0, 0.1) is 11.7 Å². The number of anilines is 1. The number of nitrogens with one attached hydrogen (secondary N) is 2. The number of amides is 2. The number of carbonyl (C=O) groups is 2. The van der Waals surface area contributed by atoms with Crippen molar-refractivity contribution in [3.8, 4) is 5.75 Å². The van der Waals surface area contributed by atoms with Crippen LogP contribution in [0.5, 0.6) is 5.75 Å². The Morgan fingerprint density at radius 2 is 1.84 bits per heavy atom. The molecule has 6 N–H and O–H groups in total. The lowest BCUT2D eigenvalue weighted by molar-refractivity contribution is -0.136. The molecule has 2 aromatic carbocycles. The molecule has 0 saturated carbocycles. The Morgan fingerprint density at radius 1 is 1.09 bits per heavy atom. The van der Waals surface area contributed by atoms with Gasteiger partial charge in [0.25, 0.3) is 0 Å². The highest BCUT2D eigenvalue weighted by Gasteiger charge is 2.33. The van der Waals surface area contributed by atoms with Crippen molar-refractivity contribution in [3.63, 3.8) is 0 Å². The summed E-state index contributed by atoms with van der Waals surface area (Å²) in [5.41, 5.74) is 14.4. The van der Waals surface area contributed by atoms with E-state index in [1.165, 1.54) is 6.07 Å². The Morgan fingerprint density at radius 3 is 2.56 bits per heavy atom. The van der Waals surface area contributed by atoms with E-state index in [1.54, 1.807) is 18.2 Å². The van der Waals surface area contributed by atoms with Crippen molar-refractivity contribution in [2.75, 3.05) is 77.4 Å². The van der Waals surface area contributed by atoms with E-state index >= 15 is 0 Å². The number of piperazine rings is 1. The maximum Gasteiger partial charge on any atom is 0.239 e. The molecule has 45 heavy (non-hydrogen) atoms. The van der Waals surface area contributed by atoms with Crippen molar-refractivity contribution in [2.45, 2.75) is 45.2 Å². The molecule has 2 heterocycles. The second kappa shape index (κ2) is 17.8. The molecule has 0 spiro atoms. The fourth-order valence-electron chi connectivity index (χ4n) is 6.07. The molecule has 0 unspecified atom stereocenters. The van der Waals surface area contributed by atoms with Gasteiger partial charge in [0.05, 0.1) is 19.2 Å². The van der Waals surface area contributed by atoms with Gasteiger partial charge in [-0.15, -0.1) is 0 Å². The smallest absolute Gasteiger partial charge is 0.239 e. The van der Waals surface area contributed by atoms with Gasteiger partial charge in [-0.2, -0.15) is 0 Å². The van der Waals surface area contributed by atoms with Crippen LogP contribution in [-0.4, -0.2) is 105 Å². The quantitative estimate of drug-likeness (QED) is 0.218. The third-order valence-corrected chi connectivity index (χ3v) is 8.98. The Labute approximate surface area is 271 Å². The van der Waals surface area contributed by atoms with Gasteiger partial charge in [0.15, 0.2) is 0 Å². The third kappa shape index (κ3) is 10.4. The number of benzene rings is 2. The molecule has 0 aliphatic carbocycles. The summed E-state index contributed by atoms with van der Waals surface area (Å²) >= 11 is 6.29. The lowest BCUT2D eigenvalue weighted by Gasteiger charge is -2.39. The number of nitrogens with zero attached hydrogens (tertiary/aromatic N) is 3. The number of piperidine rings is 1. The van der Waals surface area contributed by atoms with Gasteiger partial charge >= 0.3 is 0 Å². The number of nitrogens with two attached hydrogens (primary N) is 2. The summed E-state index contributed by atoms with van der Waals surface area (Å²) < 4.78 is 20.2. The van der Waals surface area contributed by atoms with E-state index in [4.69, 9.17) is 27.8 Å². The minimum absolute atomic E-state index is 0.00539. The number of rotatable bonds is 15. The molecule has 2 aliphatic rings. The number of carbonyl (C=O) groups excluding carboxylic acids is 2. The van der Waals surface area contributed by atoms with E-state index in [0.717, 1.165) is 56.6 Å². The predicted molar refractivity (Wildman–Crippen MR) is 177 cm³/mol. The monoisotopic (exact) mass is 645 g/mol. The molecule has 12 heteroatoms. The lowest BCUT2D eigenvalue weighted by atomic mass is 9.88. The largest absolute Gasteiger partial charge is 0.493 e. The first-order chi connectivity index (χ1) is 21.8. The maximum atomic E-state index is 14.5. The van der Waals surface area contributed by atoms with Crippen LogP contribution in [0.4, 0.5) is 10.1 Å². The van der Waals surface area contributed by atoms with Crippen LogP contribution < -0.4 is 26.8 Å². The molecule has 2 saturated heterocycles. The second-order valence-corrected chi connectivity index (χ2v) is 12.3. The van der Waals surface area contributed by atoms with Gasteiger partial charge in [-0.1, -0.05) is 17.7 Å². The molecular weight excluding hydrogens is 597 g/mol. The molecule has 2 aliphatic heterocycles. The third-order valence-electron chi connectivity index (χ3n) is 8.75. The number of halogens is 2. The zero-order valence-corrected chi connectivity index (χ0v) is 27.2. The van der Waals surface area contributed by atoms with Gasteiger partial charge in [-0.05, 0) is 101 Å². The molecule has 248 valence electrons. The molecule has 0 aromatic heterocycles. The van der Waals surface area contributed by atoms with Gasteiger partial charge in [-0.3, -0.25) is 14.5 Å². The standard InChI is InChI=1S/C33H49ClFN7O3/c1-2-45-30-6-3-5-28(35)27(30)23-41-17-19-42(20-18-41)33(44)32(37)24-9-14-40(15-10-24)16-11-25-21-26(34)7-8-29(25)39-31(43)22-38-13-4-12-36/h3,5-8,21,24,32,38H,2,4,9-20,22-23,36-37H2,1H3,(H,39,43)/t32-/m1/s1. The first-order valence-corrected chi connectivity index (χ1v) is 16.5. The zero-order valence-electron chi connectivity index (χ0n) is 26.4. The van der Waals surface area contributed by atoms with Crippen molar-refractivity contribution < 1.29 is 18.7 Å². The number of hydrogen-bond acceptors (Lipinski definition) is 8. The second-order valence-electron chi connectivity index (χ2n) is 11.9. The normalized spacial score (nSPS) is 17.3. The fourth-order valence-corrected chi connectivity index (χ4v) is 6.27. The first-order valence-electron chi connectivity index (χ1n) is 16.2. The summed E-state index contributed by atoms with van der Waals surface area (Å²) in [4.78, 5) is 32.2. The summed E-state index contributed by atoms with van der Waals surface area (Å²) in [7, 11) is 0. The summed E-state index contributed by atoms with van der Waals surface area (Å²) in [5.74, 6) is 0.344. The lowest BCUT2D eigenvalue weighted by Crippen LogP contribution is -2.55. The van der Waals surface area contributed by atoms with Crippen LogP contribution in [0.25, 0.3) is 0 Å². The Hall–Kier alpha value is -2.80. The zero-order chi connectivity index (χ0) is 32.2. The van der Waals surface area contributed by atoms with Crippen molar-refractivity contribution in [1.29, 1.82) is 0 Å². The molecule has 2 aromatic rings. The van der Waals surface area contributed by atoms with E-state index in [2.05, 4.69) is 20.4 Å². The molecule has 2 amide bonds. The molecule has 0 bridgehead atoms. The van der Waals surface area contributed by atoms with Gasteiger partial charge in [0.2, 0.25) is 11.8 Å². The van der Waals surface area contributed by atoms with E-state index in [-0.39, 0.29) is 30.1 Å². The number of likely N-dealkylation sites (tertiary alicyclic amines) is 1. The van der Waals surface area contributed by atoms with Crippen LogP contribution >= 0.6 is 11.6 Å². The van der Waals surface area contributed by atoms with E-state index < -0.39 is 6.04 Å². The SMILES string of the molecule is CCOc1cccc(F)c1CN1CCN(C(=O)[C@H](N)C2CCN(CCc3cc(Cl)ccc3NC(=O)CNCCCN)CC2)CC1. The Balaban J connectivity index is 1.20. The average molecular weight is 646 g/mol. The Kier molecular flexibility index (Phi) is 13.9.